The molecule has 1 saturated heterocycles. The molecule has 1 N–H and O–H groups in total. The van der Waals surface area contributed by atoms with Crippen LogP contribution in [0.2, 0.25) is 10.0 Å². The van der Waals surface area contributed by atoms with Crippen LogP contribution in [0.25, 0.3) is 0 Å². The molecule has 2 aliphatic heterocycles. The standard InChI is InChI=1S/C22H23Cl2N3O2S/c23-15-9-14(21(24)20(28)10-15)11-25-13-30-12-19(25)22(29)27-8-7-26(16-5-6-16)17-3-1-2-4-18(17)27/h1-4,9-10,16,19,28H,5-8,11-13H2. The van der Waals surface area contributed by atoms with Gasteiger partial charge in [-0.1, -0.05) is 35.3 Å². The number of fused-ring (bicyclic) bond motifs is 1. The first-order valence-corrected chi connectivity index (χ1v) is 12.1. The molecule has 2 aromatic rings. The van der Waals surface area contributed by atoms with Crippen LogP contribution < -0.4 is 9.80 Å². The molecule has 1 saturated carbocycles. The van der Waals surface area contributed by atoms with Crippen molar-refractivity contribution in [3.05, 3.63) is 52.0 Å². The van der Waals surface area contributed by atoms with E-state index in [1.54, 1.807) is 17.8 Å². The second-order valence-electron chi connectivity index (χ2n) is 8.06. The Hall–Kier alpha value is -1.60. The number of para-hydroxylation sites is 2. The quantitative estimate of drug-likeness (QED) is 0.718. The molecule has 1 atom stereocenters. The first-order valence-electron chi connectivity index (χ1n) is 10.2. The Balaban J connectivity index is 1.38. The van der Waals surface area contributed by atoms with Crippen molar-refractivity contribution in [2.24, 2.45) is 0 Å². The number of amides is 1. The molecule has 0 spiro atoms. The van der Waals surface area contributed by atoms with E-state index >= 15 is 0 Å². The number of carbonyl (C=O) groups excluding carboxylic acids is 1. The SMILES string of the molecule is O=C(C1CSCN1Cc1cc(Cl)cc(O)c1Cl)N1CCN(C2CC2)c2ccccc21. The van der Waals surface area contributed by atoms with Gasteiger partial charge in [-0.05, 0) is 36.6 Å². The zero-order chi connectivity index (χ0) is 20.8. The van der Waals surface area contributed by atoms with E-state index in [1.807, 2.05) is 17.0 Å². The Kier molecular flexibility index (Phi) is 5.52. The van der Waals surface area contributed by atoms with E-state index < -0.39 is 0 Å². The minimum Gasteiger partial charge on any atom is -0.506 e. The maximum Gasteiger partial charge on any atom is 0.245 e. The summed E-state index contributed by atoms with van der Waals surface area (Å²) in [5.41, 5.74) is 2.91. The highest BCUT2D eigenvalue weighted by molar-refractivity contribution is 7.99. The van der Waals surface area contributed by atoms with Crippen molar-refractivity contribution in [3.8, 4) is 5.75 Å². The summed E-state index contributed by atoms with van der Waals surface area (Å²) in [5, 5.41) is 10.7. The first kappa shape index (κ1) is 20.3. The van der Waals surface area contributed by atoms with Gasteiger partial charge in [0.25, 0.3) is 0 Å². The van der Waals surface area contributed by atoms with Gasteiger partial charge in [0.1, 0.15) is 5.75 Å². The van der Waals surface area contributed by atoms with Crippen LogP contribution in [-0.4, -0.2) is 52.7 Å². The fourth-order valence-corrected chi connectivity index (χ4v) is 5.97. The molecule has 1 amide bonds. The second-order valence-corrected chi connectivity index (χ2v) is 9.88. The van der Waals surface area contributed by atoms with Gasteiger partial charge >= 0.3 is 0 Å². The zero-order valence-electron chi connectivity index (χ0n) is 16.4. The van der Waals surface area contributed by atoms with Gasteiger partial charge in [-0.15, -0.1) is 11.8 Å². The molecule has 5 nitrogen and oxygen atoms in total. The topological polar surface area (TPSA) is 47.0 Å². The van der Waals surface area contributed by atoms with Gasteiger partial charge in [-0.25, -0.2) is 0 Å². The lowest BCUT2D eigenvalue weighted by Crippen LogP contribution is -2.52. The number of carbonyl (C=O) groups is 1. The van der Waals surface area contributed by atoms with Crippen molar-refractivity contribution >= 4 is 52.2 Å². The number of thioether (sulfide) groups is 1. The molecular weight excluding hydrogens is 441 g/mol. The lowest BCUT2D eigenvalue weighted by molar-refractivity contribution is -0.122. The highest BCUT2D eigenvalue weighted by atomic mass is 35.5. The second kappa shape index (κ2) is 8.15. The van der Waals surface area contributed by atoms with Gasteiger partial charge in [-0.3, -0.25) is 9.69 Å². The maximum absolute atomic E-state index is 13.6. The predicted octanol–water partition coefficient (Wildman–Crippen LogP) is 4.59. The summed E-state index contributed by atoms with van der Waals surface area (Å²) in [7, 11) is 0. The van der Waals surface area contributed by atoms with Crippen molar-refractivity contribution in [2.45, 2.75) is 31.5 Å². The normalized spacial score (nSPS) is 21.7. The monoisotopic (exact) mass is 463 g/mol. The molecule has 0 radical (unpaired) electrons. The third kappa shape index (κ3) is 3.75. The molecule has 1 unspecified atom stereocenters. The number of hydrogen-bond acceptors (Lipinski definition) is 5. The van der Waals surface area contributed by atoms with Crippen molar-refractivity contribution < 1.29 is 9.90 Å². The molecule has 2 heterocycles. The summed E-state index contributed by atoms with van der Waals surface area (Å²) in [6.07, 6.45) is 2.48. The van der Waals surface area contributed by atoms with Crippen molar-refractivity contribution in [2.75, 3.05) is 34.5 Å². The minimum atomic E-state index is -0.229. The summed E-state index contributed by atoms with van der Waals surface area (Å²) in [5.74, 6) is 1.59. The fourth-order valence-electron chi connectivity index (χ4n) is 4.38. The molecule has 3 aliphatic rings. The average Bonchev–Trinajstić information content (AvgIpc) is 3.48. The highest BCUT2D eigenvalue weighted by Crippen LogP contribution is 2.41. The van der Waals surface area contributed by atoms with Gasteiger partial charge < -0.3 is 14.9 Å². The number of rotatable bonds is 4. The van der Waals surface area contributed by atoms with Gasteiger partial charge in [0.15, 0.2) is 0 Å². The molecule has 158 valence electrons. The Morgan fingerprint density at radius 3 is 2.67 bits per heavy atom. The number of halogens is 2. The largest absolute Gasteiger partial charge is 0.506 e. The molecular formula is C22H23Cl2N3O2S. The third-order valence-corrected chi connectivity index (χ3v) is 7.75. The molecule has 8 heteroatoms. The van der Waals surface area contributed by atoms with Crippen LogP contribution in [0, 0.1) is 0 Å². The number of phenolic OH excluding ortho intramolecular Hbond substituents is 1. The van der Waals surface area contributed by atoms with Crippen LogP contribution in [0.3, 0.4) is 0 Å². The van der Waals surface area contributed by atoms with Crippen LogP contribution in [0.5, 0.6) is 5.75 Å². The summed E-state index contributed by atoms with van der Waals surface area (Å²) < 4.78 is 0. The Labute approximate surface area is 190 Å². The van der Waals surface area contributed by atoms with Gasteiger partial charge in [0.2, 0.25) is 5.91 Å². The van der Waals surface area contributed by atoms with Gasteiger partial charge in [0, 0.05) is 48.4 Å². The van der Waals surface area contributed by atoms with E-state index in [2.05, 4.69) is 21.9 Å². The predicted molar refractivity (Wildman–Crippen MR) is 124 cm³/mol. The molecule has 5 rings (SSSR count). The highest BCUT2D eigenvalue weighted by Gasteiger charge is 2.39. The lowest BCUT2D eigenvalue weighted by Gasteiger charge is -2.39. The first-order chi connectivity index (χ1) is 14.5. The number of phenols is 1. The summed E-state index contributed by atoms with van der Waals surface area (Å²) in [6, 6.07) is 11.8. The third-order valence-electron chi connectivity index (χ3n) is 6.03. The van der Waals surface area contributed by atoms with Crippen LogP contribution in [0.1, 0.15) is 18.4 Å². The number of hydrogen-bond donors (Lipinski definition) is 1. The van der Waals surface area contributed by atoms with E-state index in [9.17, 15) is 9.90 Å². The van der Waals surface area contributed by atoms with E-state index in [4.69, 9.17) is 23.2 Å². The van der Waals surface area contributed by atoms with Crippen molar-refractivity contribution in [1.29, 1.82) is 0 Å². The summed E-state index contributed by atoms with van der Waals surface area (Å²) in [4.78, 5) is 20.1. The molecule has 0 bridgehead atoms. The van der Waals surface area contributed by atoms with E-state index in [-0.39, 0.29) is 17.7 Å². The molecule has 2 fully saturated rings. The Morgan fingerprint density at radius 2 is 1.90 bits per heavy atom. The van der Waals surface area contributed by atoms with Crippen molar-refractivity contribution in [3.63, 3.8) is 0 Å². The lowest BCUT2D eigenvalue weighted by atomic mass is 10.1. The molecule has 0 aromatic heterocycles. The number of nitrogens with zero attached hydrogens (tertiary/aromatic N) is 3. The van der Waals surface area contributed by atoms with Gasteiger partial charge in [-0.2, -0.15) is 0 Å². The maximum atomic E-state index is 13.6. The molecule has 1 aliphatic carbocycles. The Bertz CT molecular complexity index is 985. The van der Waals surface area contributed by atoms with E-state index in [0.29, 0.717) is 29.2 Å². The van der Waals surface area contributed by atoms with Crippen molar-refractivity contribution in [1.82, 2.24) is 4.90 Å². The minimum absolute atomic E-state index is 0.0287. The number of benzene rings is 2. The zero-order valence-corrected chi connectivity index (χ0v) is 18.8. The summed E-state index contributed by atoms with van der Waals surface area (Å²) in [6.45, 7) is 2.06. The van der Waals surface area contributed by atoms with E-state index in [0.717, 1.165) is 29.4 Å². The van der Waals surface area contributed by atoms with Crippen LogP contribution >= 0.6 is 35.0 Å². The molecule has 30 heavy (non-hydrogen) atoms. The smallest absolute Gasteiger partial charge is 0.245 e. The van der Waals surface area contributed by atoms with Gasteiger partial charge in [0.05, 0.1) is 22.4 Å². The molecule has 2 aromatic carbocycles. The van der Waals surface area contributed by atoms with Crippen LogP contribution in [0.4, 0.5) is 11.4 Å². The fraction of sp³-hybridized carbons (Fsp3) is 0.409. The number of aromatic hydroxyl groups is 1. The van der Waals surface area contributed by atoms with Crippen LogP contribution in [-0.2, 0) is 11.3 Å². The van der Waals surface area contributed by atoms with E-state index in [1.165, 1.54) is 24.6 Å². The Morgan fingerprint density at radius 1 is 1.13 bits per heavy atom. The number of anilines is 2. The van der Waals surface area contributed by atoms with Crippen LogP contribution in [0.15, 0.2) is 36.4 Å². The summed E-state index contributed by atoms with van der Waals surface area (Å²) >= 11 is 14.1. The average molecular weight is 464 g/mol.